The van der Waals surface area contributed by atoms with E-state index in [2.05, 4.69) is 14.8 Å². The monoisotopic (exact) mass is 416 g/mol. The average Bonchev–Trinajstić information content (AvgIpc) is 3.16. The van der Waals surface area contributed by atoms with Crippen LogP contribution in [0.1, 0.15) is 17.9 Å². The number of methoxy groups -OCH3 is 1. The highest BCUT2D eigenvalue weighted by Crippen LogP contribution is 2.35. The van der Waals surface area contributed by atoms with Crippen molar-refractivity contribution in [2.24, 2.45) is 0 Å². The van der Waals surface area contributed by atoms with Gasteiger partial charge < -0.3 is 14.8 Å². The lowest BCUT2D eigenvalue weighted by Crippen LogP contribution is -2.20. The number of benzene rings is 2. The molecule has 0 bridgehead atoms. The summed E-state index contributed by atoms with van der Waals surface area (Å²) in [5, 5.41) is 3.21. The summed E-state index contributed by atoms with van der Waals surface area (Å²) < 4.78 is 74.7. The van der Waals surface area contributed by atoms with Crippen molar-refractivity contribution in [2.45, 2.75) is 23.6 Å². The topological polar surface area (TPSA) is 76.7 Å². The molecule has 0 amide bonds. The second kappa shape index (κ2) is 7.88. The lowest BCUT2D eigenvalue weighted by atomic mass is 9.97. The number of sulfonamides is 1. The molecule has 2 N–H and O–H groups in total. The molecular formula is C18H19F3N2O4S. The molecule has 10 heteroatoms. The molecule has 1 fully saturated rings. The van der Waals surface area contributed by atoms with Crippen molar-refractivity contribution in [2.75, 3.05) is 24.9 Å². The Hall–Kier alpha value is -2.46. The Morgan fingerprint density at radius 3 is 2.54 bits per heavy atom. The van der Waals surface area contributed by atoms with Crippen molar-refractivity contribution in [3.05, 3.63) is 48.0 Å². The summed E-state index contributed by atoms with van der Waals surface area (Å²) in [6.45, 7) is 1.50. The first-order valence-electron chi connectivity index (χ1n) is 8.46. The third-order valence-corrected chi connectivity index (χ3v) is 5.73. The van der Waals surface area contributed by atoms with E-state index >= 15 is 0 Å². The van der Waals surface area contributed by atoms with Gasteiger partial charge >= 0.3 is 6.36 Å². The SMILES string of the molecule is COc1ccc(S(=O)(=O)Nc2ccccc2OC(F)(F)F)cc1[C@H]1CCNC1. The number of anilines is 1. The molecule has 1 saturated heterocycles. The van der Waals surface area contributed by atoms with Crippen LogP contribution in [0.5, 0.6) is 11.5 Å². The van der Waals surface area contributed by atoms with Crippen molar-refractivity contribution in [1.82, 2.24) is 5.32 Å². The van der Waals surface area contributed by atoms with Crippen LogP contribution in [0, 0.1) is 0 Å². The predicted octanol–water partition coefficient (Wildman–Crippen LogP) is 3.47. The van der Waals surface area contributed by atoms with Crippen molar-refractivity contribution >= 4 is 15.7 Å². The van der Waals surface area contributed by atoms with Crippen LogP contribution in [0.4, 0.5) is 18.9 Å². The van der Waals surface area contributed by atoms with E-state index in [9.17, 15) is 21.6 Å². The van der Waals surface area contributed by atoms with Crippen molar-refractivity contribution in [3.8, 4) is 11.5 Å². The molecule has 1 atom stereocenters. The fraction of sp³-hybridized carbons (Fsp3) is 0.333. The normalized spacial score (nSPS) is 17.4. The van der Waals surface area contributed by atoms with E-state index in [-0.39, 0.29) is 16.5 Å². The molecular weight excluding hydrogens is 397 g/mol. The van der Waals surface area contributed by atoms with E-state index in [1.807, 2.05) is 0 Å². The highest BCUT2D eigenvalue weighted by atomic mass is 32.2. The minimum atomic E-state index is -4.94. The fourth-order valence-corrected chi connectivity index (χ4v) is 4.19. The molecule has 0 saturated carbocycles. The van der Waals surface area contributed by atoms with Crippen LogP contribution in [-0.4, -0.2) is 35.0 Å². The predicted molar refractivity (Wildman–Crippen MR) is 97.2 cm³/mol. The van der Waals surface area contributed by atoms with E-state index in [4.69, 9.17) is 4.74 Å². The first kappa shape index (κ1) is 20.3. The Kier molecular flexibility index (Phi) is 5.71. The minimum absolute atomic E-state index is 0.0722. The van der Waals surface area contributed by atoms with Crippen LogP contribution < -0.4 is 19.5 Å². The molecule has 3 rings (SSSR count). The van der Waals surface area contributed by atoms with Crippen LogP contribution in [0.2, 0.25) is 0 Å². The molecule has 0 aromatic heterocycles. The maximum absolute atomic E-state index is 12.8. The van der Waals surface area contributed by atoms with Gasteiger partial charge in [0, 0.05) is 12.5 Å². The summed E-state index contributed by atoms with van der Waals surface area (Å²) in [5.41, 5.74) is 0.426. The van der Waals surface area contributed by atoms with Crippen LogP contribution in [0.3, 0.4) is 0 Å². The Labute approximate surface area is 160 Å². The average molecular weight is 416 g/mol. The standard InChI is InChI=1S/C18H19F3N2O4S/c1-26-16-7-6-13(10-14(16)12-8-9-22-11-12)28(24,25)23-15-4-2-3-5-17(15)27-18(19,20)21/h2-7,10,12,22-23H,8-9,11H2,1H3/t12-/m0/s1. The third-order valence-electron chi connectivity index (χ3n) is 4.37. The quantitative estimate of drug-likeness (QED) is 0.754. The fourth-order valence-electron chi connectivity index (χ4n) is 3.09. The third kappa shape index (κ3) is 4.68. The van der Waals surface area contributed by atoms with Crippen LogP contribution >= 0.6 is 0 Å². The smallest absolute Gasteiger partial charge is 0.496 e. The van der Waals surface area contributed by atoms with Gasteiger partial charge in [0.05, 0.1) is 17.7 Å². The highest BCUT2D eigenvalue weighted by Gasteiger charge is 2.32. The number of ether oxygens (including phenoxy) is 2. The van der Waals surface area contributed by atoms with Gasteiger partial charge in [0.15, 0.2) is 5.75 Å². The van der Waals surface area contributed by atoms with E-state index < -0.39 is 22.1 Å². The zero-order chi connectivity index (χ0) is 20.4. The number of hydrogen-bond acceptors (Lipinski definition) is 5. The van der Waals surface area contributed by atoms with Crippen molar-refractivity contribution in [3.63, 3.8) is 0 Å². The Morgan fingerprint density at radius 1 is 1.14 bits per heavy atom. The highest BCUT2D eigenvalue weighted by molar-refractivity contribution is 7.92. The zero-order valence-electron chi connectivity index (χ0n) is 14.9. The molecule has 0 spiro atoms. The zero-order valence-corrected chi connectivity index (χ0v) is 15.7. The second-order valence-corrected chi connectivity index (χ2v) is 7.93. The van der Waals surface area contributed by atoms with E-state index in [0.29, 0.717) is 12.3 Å². The summed E-state index contributed by atoms with van der Waals surface area (Å²) in [6.07, 6.45) is -4.11. The van der Waals surface area contributed by atoms with Gasteiger partial charge in [-0.15, -0.1) is 13.2 Å². The molecule has 152 valence electrons. The summed E-state index contributed by atoms with van der Waals surface area (Å²) in [4.78, 5) is -0.0722. The van der Waals surface area contributed by atoms with Gasteiger partial charge in [-0.3, -0.25) is 4.72 Å². The maximum Gasteiger partial charge on any atom is 0.573 e. The van der Waals surface area contributed by atoms with Gasteiger partial charge in [-0.2, -0.15) is 0 Å². The molecule has 1 aliphatic rings. The molecule has 2 aromatic carbocycles. The number of hydrogen-bond donors (Lipinski definition) is 2. The number of nitrogens with one attached hydrogen (secondary N) is 2. The number of halogens is 3. The molecule has 1 heterocycles. The molecule has 1 aliphatic heterocycles. The van der Waals surface area contributed by atoms with Gasteiger partial charge in [0.25, 0.3) is 10.0 Å². The van der Waals surface area contributed by atoms with E-state index in [1.54, 1.807) is 6.07 Å². The Morgan fingerprint density at radius 2 is 1.89 bits per heavy atom. The molecule has 28 heavy (non-hydrogen) atoms. The van der Waals surface area contributed by atoms with Crippen LogP contribution in [0.25, 0.3) is 0 Å². The molecule has 2 aromatic rings. The molecule has 0 unspecified atom stereocenters. The van der Waals surface area contributed by atoms with Gasteiger partial charge in [0.1, 0.15) is 5.75 Å². The van der Waals surface area contributed by atoms with Crippen molar-refractivity contribution in [1.29, 1.82) is 0 Å². The van der Waals surface area contributed by atoms with Gasteiger partial charge in [-0.25, -0.2) is 8.42 Å². The number of alkyl halides is 3. The summed E-state index contributed by atoms with van der Waals surface area (Å²) in [7, 11) is -2.64. The summed E-state index contributed by atoms with van der Waals surface area (Å²) in [5.74, 6) is 0.0201. The van der Waals surface area contributed by atoms with E-state index in [1.165, 1.54) is 37.4 Å². The molecule has 6 nitrogen and oxygen atoms in total. The number of rotatable bonds is 6. The molecule has 0 aliphatic carbocycles. The van der Waals surface area contributed by atoms with Crippen LogP contribution in [-0.2, 0) is 10.0 Å². The number of para-hydroxylation sites is 2. The van der Waals surface area contributed by atoms with Crippen LogP contribution in [0.15, 0.2) is 47.4 Å². The Balaban J connectivity index is 1.93. The van der Waals surface area contributed by atoms with E-state index in [0.717, 1.165) is 24.6 Å². The lowest BCUT2D eigenvalue weighted by Gasteiger charge is -2.17. The minimum Gasteiger partial charge on any atom is -0.496 e. The van der Waals surface area contributed by atoms with Gasteiger partial charge in [-0.05, 0) is 48.9 Å². The Bertz CT molecular complexity index is 942. The lowest BCUT2D eigenvalue weighted by molar-refractivity contribution is -0.274. The van der Waals surface area contributed by atoms with Gasteiger partial charge in [0.2, 0.25) is 0 Å². The van der Waals surface area contributed by atoms with Gasteiger partial charge in [-0.1, -0.05) is 12.1 Å². The molecule has 0 radical (unpaired) electrons. The first-order valence-corrected chi connectivity index (χ1v) is 9.94. The summed E-state index contributed by atoms with van der Waals surface area (Å²) >= 11 is 0. The maximum atomic E-state index is 12.8. The summed E-state index contributed by atoms with van der Waals surface area (Å²) in [6, 6.07) is 9.34. The van der Waals surface area contributed by atoms with Crippen molar-refractivity contribution < 1.29 is 31.1 Å². The first-order chi connectivity index (χ1) is 13.2. The largest absolute Gasteiger partial charge is 0.573 e. The second-order valence-electron chi connectivity index (χ2n) is 6.24.